The first-order chi connectivity index (χ1) is 8.56. The van der Waals surface area contributed by atoms with E-state index in [2.05, 4.69) is 9.97 Å². The minimum absolute atomic E-state index is 0.0389. The smallest absolute Gasteiger partial charge is 0.309 e. The van der Waals surface area contributed by atoms with Crippen LogP contribution in [0.4, 0.5) is 5.69 Å². The number of anilines is 1. The number of imidazole rings is 1. The number of carbonyl (C=O) groups is 1. The zero-order chi connectivity index (χ0) is 13.1. The van der Waals surface area contributed by atoms with Crippen molar-refractivity contribution in [1.82, 2.24) is 9.97 Å². The van der Waals surface area contributed by atoms with Crippen molar-refractivity contribution in [2.45, 2.75) is 6.42 Å². The van der Waals surface area contributed by atoms with Crippen LogP contribution in [0.3, 0.4) is 0 Å². The highest BCUT2D eigenvalue weighted by molar-refractivity contribution is 5.70. The fourth-order valence-corrected chi connectivity index (χ4v) is 1.68. The van der Waals surface area contributed by atoms with E-state index < -0.39 is 5.97 Å². The molecule has 0 saturated carbocycles. The third kappa shape index (κ3) is 2.68. The van der Waals surface area contributed by atoms with E-state index in [9.17, 15) is 4.79 Å². The topological polar surface area (TPSA) is 69.2 Å². The lowest BCUT2D eigenvalue weighted by Crippen LogP contribution is -2.07. The van der Waals surface area contributed by atoms with Gasteiger partial charge in [-0.2, -0.15) is 0 Å². The highest BCUT2D eigenvalue weighted by Gasteiger charge is 2.06. The predicted molar refractivity (Wildman–Crippen MR) is 69.7 cm³/mol. The van der Waals surface area contributed by atoms with Gasteiger partial charge in [-0.3, -0.25) is 4.79 Å². The second-order valence-corrected chi connectivity index (χ2v) is 4.27. The maximum atomic E-state index is 10.6. The fourth-order valence-electron chi connectivity index (χ4n) is 1.68. The minimum atomic E-state index is -0.867. The molecule has 0 fully saturated rings. The van der Waals surface area contributed by atoms with E-state index in [1.807, 2.05) is 43.3 Å². The molecule has 0 unspecified atom stereocenters. The number of carboxylic acid groups (broad SMARTS) is 1. The Labute approximate surface area is 105 Å². The summed E-state index contributed by atoms with van der Waals surface area (Å²) in [7, 11) is 3.96. The second-order valence-electron chi connectivity index (χ2n) is 4.27. The van der Waals surface area contributed by atoms with Gasteiger partial charge in [-0.15, -0.1) is 0 Å². The zero-order valence-corrected chi connectivity index (χ0v) is 10.3. The van der Waals surface area contributed by atoms with E-state index in [1.54, 1.807) is 6.20 Å². The van der Waals surface area contributed by atoms with Crippen LogP contribution in [0.5, 0.6) is 0 Å². The Bertz CT molecular complexity index is 544. The molecule has 1 aromatic carbocycles. The third-order valence-electron chi connectivity index (χ3n) is 2.63. The molecule has 0 radical (unpaired) electrons. The van der Waals surface area contributed by atoms with Crippen LogP contribution in [0.25, 0.3) is 11.4 Å². The Kier molecular flexibility index (Phi) is 3.32. The Balaban J connectivity index is 2.20. The molecule has 2 aromatic rings. The van der Waals surface area contributed by atoms with Crippen LogP contribution in [0, 0.1) is 0 Å². The molecule has 2 N–H and O–H groups in total. The molecule has 0 saturated heterocycles. The molecule has 2 rings (SSSR count). The molecule has 0 bridgehead atoms. The Morgan fingerprint density at radius 1 is 1.33 bits per heavy atom. The van der Waals surface area contributed by atoms with Crippen LogP contribution in [-0.4, -0.2) is 35.1 Å². The standard InChI is InChI=1S/C13H15N3O2/c1-16(2)11-5-3-9(4-6-11)13-14-8-10(15-13)7-12(17)18/h3-6,8H,7H2,1-2H3,(H,14,15)(H,17,18). The average Bonchev–Trinajstić information content (AvgIpc) is 2.76. The lowest BCUT2D eigenvalue weighted by molar-refractivity contribution is -0.136. The van der Waals surface area contributed by atoms with Crippen molar-refractivity contribution >= 4 is 11.7 Å². The van der Waals surface area contributed by atoms with Crippen molar-refractivity contribution in [1.29, 1.82) is 0 Å². The van der Waals surface area contributed by atoms with Crippen LogP contribution in [0.1, 0.15) is 5.69 Å². The third-order valence-corrected chi connectivity index (χ3v) is 2.63. The SMILES string of the molecule is CN(C)c1ccc(-c2ncc(CC(=O)O)[nH]2)cc1. The zero-order valence-electron chi connectivity index (χ0n) is 10.3. The van der Waals surface area contributed by atoms with Gasteiger partial charge in [0.1, 0.15) is 5.82 Å². The molecule has 5 nitrogen and oxygen atoms in total. The van der Waals surface area contributed by atoms with Crippen molar-refractivity contribution < 1.29 is 9.90 Å². The summed E-state index contributed by atoms with van der Waals surface area (Å²) >= 11 is 0. The summed E-state index contributed by atoms with van der Waals surface area (Å²) in [5.41, 5.74) is 2.66. The Morgan fingerprint density at radius 3 is 2.56 bits per heavy atom. The van der Waals surface area contributed by atoms with Crippen molar-refractivity contribution in [3.05, 3.63) is 36.2 Å². The van der Waals surface area contributed by atoms with Crippen LogP contribution in [0.15, 0.2) is 30.5 Å². The number of nitrogens with one attached hydrogen (secondary N) is 1. The molecule has 18 heavy (non-hydrogen) atoms. The minimum Gasteiger partial charge on any atom is -0.481 e. The highest BCUT2D eigenvalue weighted by Crippen LogP contribution is 2.19. The molecule has 1 heterocycles. The summed E-state index contributed by atoms with van der Waals surface area (Å²) in [4.78, 5) is 19.8. The van der Waals surface area contributed by atoms with Gasteiger partial charge in [0, 0.05) is 37.2 Å². The first kappa shape index (κ1) is 12.2. The van der Waals surface area contributed by atoms with Gasteiger partial charge in [0.15, 0.2) is 0 Å². The number of H-pyrrole nitrogens is 1. The number of aromatic amines is 1. The number of rotatable bonds is 4. The second kappa shape index (κ2) is 4.91. The molecule has 1 aromatic heterocycles. The van der Waals surface area contributed by atoms with Gasteiger partial charge in [-0.1, -0.05) is 0 Å². The molecule has 0 aliphatic rings. The maximum absolute atomic E-state index is 10.6. The number of aromatic nitrogens is 2. The predicted octanol–water partition coefficient (Wildman–Crippen LogP) is 1.77. The quantitative estimate of drug-likeness (QED) is 0.861. The van der Waals surface area contributed by atoms with Crippen molar-refractivity contribution in [2.24, 2.45) is 0 Å². The van der Waals surface area contributed by atoms with E-state index in [0.717, 1.165) is 11.3 Å². The molecule has 0 atom stereocenters. The number of nitrogens with zero attached hydrogens (tertiary/aromatic N) is 2. The summed E-state index contributed by atoms with van der Waals surface area (Å²) < 4.78 is 0. The molecule has 0 aliphatic carbocycles. The molecule has 0 amide bonds. The summed E-state index contributed by atoms with van der Waals surface area (Å²) in [5.74, 6) is -0.176. The number of aliphatic carboxylic acids is 1. The van der Waals surface area contributed by atoms with E-state index in [4.69, 9.17) is 5.11 Å². The van der Waals surface area contributed by atoms with Crippen molar-refractivity contribution in [3.8, 4) is 11.4 Å². The lowest BCUT2D eigenvalue weighted by Gasteiger charge is -2.12. The number of hydrogen-bond donors (Lipinski definition) is 2. The fraction of sp³-hybridized carbons (Fsp3) is 0.231. The van der Waals surface area contributed by atoms with Gasteiger partial charge < -0.3 is 15.0 Å². The lowest BCUT2D eigenvalue weighted by atomic mass is 10.2. The van der Waals surface area contributed by atoms with Gasteiger partial charge in [-0.25, -0.2) is 4.98 Å². The van der Waals surface area contributed by atoms with E-state index in [-0.39, 0.29) is 6.42 Å². The molecule has 94 valence electrons. The maximum Gasteiger partial charge on any atom is 0.309 e. The molecule has 0 spiro atoms. The van der Waals surface area contributed by atoms with Gasteiger partial charge in [0.2, 0.25) is 0 Å². The first-order valence-corrected chi connectivity index (χ1v) is 5.59. The van der Waals surface area contributed by atoms with Crippen LogP contribution in [-0.2, 0) is 11.2 Å². The first-order valence-electron chi connectivity index (χ1n) is 5.59. The normalized spacial score (nSPS) is 10.3. The Hall–Kier alpha value is -2.30. The monoisotopic (exact) mass is 245 g/mol. The van der Waals surface area contributed by atoms with Crippen molar-refractivity contribution in [2.75, 3.05) is 19.0 Å². The summed E-state index contributed by atoms with van der Waals surface area (Å²) in [5, 5.41) is 8.69. The summed E-state index contributed by atoms with van der Waals surface area (Å²) in [6.45, 7) is 0. The van der Waals surface area contributed by atoms with Crippen LogP contribution >= 0.6 is 0 Å². The van der Waals surface area contributed by atoms with E-state index in [1.165, 1.54) is 0 Å². The van der Waals surface area contributed by atoms with Gasteiger partial charge >= 0.3 is 5.97 Å². The summed E-state index contributed by atoms with van der Waals surface area (Å²) in [6.07, 6.45) is 1.52. The van der Waals surface area contributed by atoms with Gasteiger partial charge in [0.25, 0.3) is 0 Å². The number of hydrogen-bond acceptors (Lipinski definition) is 3. The molecule has 5 heteroatoms. The Morgan fingerprint density at radius 2 is 2.00 bits per heavy atom. The number of carboxylic acids is 1. The van der Waals surface area contributed by atoms with Crippen LogP contribution in [0.2, 0.25) is 0 Å². The van der Waals surface area contributed by atoms with Gasteiger partial charge in [0.05, 0.1) is 6.42 Å². The largest absolute Gasteiger partial charge is 0.481 e. The van der Waals surface area contributed by atoms with Gasteiger partial charge in [-0.05, 0) is 24.3 Å². The van der Waals surface area contributed by atoms with E-state index >= 15 is 0 Å². The average molecular weight is 245 g/mol. The molecular formula is C13H15N3O2. The molecule has 0 aliphatic heterocycles. The van der Waals surface area contributed by atoms with Crippen LogP contribution < -0.4 is 4.90 Å². The molecular weight excluding hydrogens is 230 g/mol. The summed E-state index contributed by atoms with van der Waals surface area (Å²) in [6, 6.07) is 7.90. The van der Waals surface area contributed by atoms with Crippen molar-refractivity contribution in [3.63, 3.8) is 0 Å². The highest BCUT2D eigenvalue weighted by atomic mass is 16.4. The number of benzene rings is 1. The van der Waals surface area contributed by atoms with E-state index in [0.29, 0.717) is 11.5 Å².